The molecule has 1 rings (SSSR count). The Hall–Kier alpha value is -1.56. The second kappa shape index (κ2) is 7.71. The van der Waals surface area contributed by atoms with Gasteiger partial charge in [0.1, 0.15) is 0 Å². The fraction of sp³-hybridized carbons (Fsp3) is 0.667. The molecule has 2 N–H and O–H groups in total. The summed E-state index contributed by atoms with van der Waals surface area (Å²) in [7, 11) is 1.47. The number of methoxy groups -OCH3 is 1. The SMILES string of the molecule is CCCN(CC)CCNc1nc[nH]c(=O)c1OC. The van der Waals surface area contributed by atoms with Gasteiger partial charge in [-0.3, -0.25) is 4.79 Å². The Balaban J connectivity index is 2.53. The molecule has 6 heteroatoms. The van der Waals surface area contributed by atoms with E-state index in [1.807, 2.05) is 0 Å². The summed E-state index contributed by atoms with van der Waals surface area (Å²) in [5.74, 6) is 0.727. The van der Waals surface area contributed by atoms with E-state index in [2.05, 4.69) is 34.0 Å². The van der Waals surface area contributed by atoms with E-state index in [1.165, 1.54) is 13.4 Å². The largest absolute Gasteiger partial charge is 0.489 e. The average Bonchev–Trinajstić information content (AvgIpc) is 2.38. The Morgan fingerprint density at radius 2 is 2.22 bits per heavy atom. The van der Waals surface area contributed by atoms with Crippen LogP contribution in [-0.4, -0.2) is 48.2 Å². The van der Waals surface area contributed by atoms with Crippen molar-refractivity contribution < 1.29 is 4.74 Å². The maximum Gasteiger partial charge on any atom is 0.295 e. The average molecular weight is 254 g/mol. The van der Waals surface area contributed by atoms with E-state index in [4.69, 9.17) is 4.74 Å². The van der Waals surface area contributed by atoms with Crippen LogP contribution in [0, 0.1) is 0 Å². The Kier molecular flexibility index (Phi) is 6.21. The molecule has 102 valence electrons. The van der Waals surface area contributed by atoms with Crippen molar-refractivity contribution in [3.05, 3.63) is 16.7 Å². The minimum absolute atomic E-state index is 0.232. The first-order chi connectivity index (χ1) is 8.72. The van der Waals surface area contributed by atoms with Gasteiger partial charge in [0.25, 0.3) is 5.56 Å². The first kappa shape index (κ1) is 14.5. The third kappa shape index (κ3) is 4.03. The molecule has 0 aliphatic heterocycles. The minimum atomic E-state index is -0.268. The van der Waals surface area contributed by atoms with Gasteiger partial charge in [-0.15, -0.1) is 0 Å². The highest BCUT2D eigenvalue weighted by Crippen LogP contribution is 2.13. The zero-order valence-electron chi connectivity index (χ0n) is 11.3. The fourth-order valence-electron chi connectivity index (χ4n) is 1.78. The Bertz CT molecular complexity index is 405. The van der Waals surface area contributed by atoms with Crippen LogP contribution in [0.5, 0.6) is 5.75 Å². The molecule has 0 fully saturated rings. The Morgan fingerprint density at radius 1 is 1.44 bits per heavy atom. The van der Waals surface area contributed by atoms with Crippen LogP contribution in [0.2, 0.25) is 0 Å². The molecule has 0 aliphatic carbocycles. The number of aromatic nitrogens is 2. The van der Waals surface area contributed by atoms with Crippen molar-refractivity contribution in [1.29, 1.82) is 0 Å². The quantitative estimate of drug-likeness (QED) is 0.722. The molecule has 0 atom stereocenters. The standard InChI is InChI=1S/C12H22N4O2/c1-4-7-16(5-2)8-6-13-11-10(18-3)12(17)15-9-14-11/h9H,4-8H2,1-3H3,(H2,13,14,15,17). The van der Waals surface area contributed by atoms with E-state index in [9.17, 15) is 4.79 Å². The van der Waals surface area contributed by atoms with Crippen molar-refractivity contribution >= 4 is 5.82 Å². The van der Waals surface area contributed by atoms with E-state index in [0.717, 1.165) is 32.6 Å². The van der Waals surface area contributed by atoms with E-state index in [1.54, 1.807) is 0 Å². The number of nitrogens with zero attached hydrogens (tertiary/aromatic N) is 2. The van der Waals surface area contributed by atoms with Gasteiger partial charge in [0, 0.05) is 13.1 Å². The van der Waals surface area contributed by atoms with Gasteiger partial charge in [-0.2, -0.15) is 0 Å². The smallest absolute Gasteiger partial charge is 0.295 e. The van der Waals surface area contributed by atoms with Gasteiger partial charge >= 0.3 is 0 Å². The zero-order chi connectivity index (χ0) is 13.4. The number of aromatic amines is 1. The highest BCUT2D eigenvalue weighted by Gasteiger charge is 2.08. The molecule has 0 aliphatic rings. The van der Waals surface area contributed by atoms with E-state index in [-0.39, 0.29) is 11.3 Å². The molecule has 0 aromatic carbocycles. The molecular weight excluding hydrogens is 232 g/mol. The lowest BCUT2D eigenvalue weighted by Crippen LogP contribution is -2.30. The normalized spacial score (nSPS) is 10.7. The first-order valence-electron chi connectivity index (χ1n) is 6.30. The molecule has 6 nitrogen and oxygen atoms in total. The van der Waals surface area contributed by atoms with Crippen LogP contribution >= 0.6 is 0 Å². The Morgan fingerprint density at radius 3 is 2.83 bits per heavy atom. The van der Waals surface area contributed by atoms with Crippen molar-refractivity contribution in [2.75, 3.05) is 38.6 Å². The summed E-state index contributed by atoms with van der Waals surface area (Å²) in [6.45, 7) is 8.06. The molecule has 1 aromatic heterocycles. The minimum Gasteiger partial charge on any atom is -0.489 e. The third-order valence-electron chi connectivity index (χ3n) is 2.72. The number of H-pyrrole nitrogens is 1. The number of anilines is 1. The summed E-state index contributed by atoms with van der Waals surface area (Å²) in [4.78, 5) is 20.3. The summed E-state index contributed by atoms with van der Waals surface area (Å²) in [5, 5.41) is 3.13. The molecule has 1 heterocycles. The van der Waals surface area contributed by atoms with E-state index < -0.39 is 0 Å². The van der Waals surface area contributed by atoms with Crippen molar-refractivity contribution in [3.8, 4) is 5.75 Å². The van der Waals surface area contributed by atoms with Crippen LogP contribution in [-0.2, 0) is 0 Å². The van der Waals surface area contributed by atoms with Gasteiger partial charge in [-0.25, -0.2) is 4.98 Å². The van der Waals surface area contributed by atoms with E-state index in [0.29, 0.717) is 5.82 Å². The molecule has 0 bridgehead atoms. The van der Waals surface area contributed by atoms with Gasteiger partial charge in [-0.05, 0) is 19.5 Å². The van der Waals surface area contributed by atoms with E-state index >= 15 is 0 Å². The van der Waals surface area contributed by atoms with Gasteiger partial charge in [0.15, 0.2) is 5.82 Å². The summed E-state index contributed by atoms with van der Waals surface area (Å²) in [5.41, 5.74) is -0.268. The van der Waals surface area contributed by atoms with Gasteiger partial charge in [0.2, 0.25) is 5.75 Å². The summed E-state index contributed by atoms with van der Waals surface area (Å²) in [6, 6.07) is 0. The molecule has 0 saturated carbocycles. The molecule has 18 heavy (non-hydrogen) atoms. The molecular formula is C12H22N4O2. The van der Waals surface area contributed by atoms with Crippen molar-refractivity contribution in [3.63, 3.8) is 0 Å². The molecule has 0 saturated heterocycles. The first-order valence-corrected chi connectivity index (χ1v) is 6.30. The maximum absolute atomic E-state index is 11.5. The number of nitrogens with one attached hydrogen (secondary N) is 2. The van der Waals surface area contributed by atoms with Crippen molar-refractivity contribution in [2.45, 2.75) is 20.3 Å². The van der Waals surface area contributed by atoms with Gasteiger partial charge in [0.05, 0.1) is 13.4 Å². The fourth-order valence-corrected chi connectivity index (χ4v) is 1.78. The predicted octanol–water partition coefficient (Wildman–Crippen LogP) is 0.922. The number of hydrogen-bond acceptors (Lipinski definition) is 5. The predicted molar refractivity (Wildman–Crippen MR) is 72.3 cm³/mol. The number of rotatable bonds is 8. The molecule has 0 amide bonds. The molecule has 0 unspecified atom stereocenters. The summed E-state index contributed by atoms with van der Waals surface area (Å²) in [6.07, 6.45) is 2.51. The summed E-state index contributed by atoms with van der Waals surface area (Å²) >= 11 is 0. The van der Waals surface area contributed by atoms with Crippen LogP contribution in [0.3, 0.4) is 0 Å². The second-order valence-electron chi connectivity index (χ2n) is 3.97. The molecule has 0 radical (unpaired) electrons. The van der Waals surface area contributed by atoms with Crippen LogP contribution < -0.4 is 15.6 Å². The van der Waals surface area contributed by atoms with Gasteiger partial charge < -0.3 is 19.9 Å². The van der Waals surface area contributed by atoms with Crippen LogP contribution in [0.25, 0.3) is 0 Å². The number of ether oxygens (including phenoxy) is 1. The number of likely N-dealkylation sites (N-methyl/N-ethyl adjacent to an activating group) is 1. The summed E-state index contributed by atoms with van der Waals surface area (Å²) < 4.78 is 5.03. The third-order valence-corrected chi connectivity index (χ3v) is 2.72. The van der Waals surface area contributed by atoms with Crippen molar-refractivity contribution in [1.82, 2.24) is 14.9 Å². The molecule has 1 aromatic rings. The van der Waals surface area contributed by atoms with Crippen molar-refractivity contribution in [2.24, 2.45) is 0 Å². The lowest BCUT2D eigenvalue weighted by atomic mass is 10.4. The van der Waals surface area contributed by atoms with Gasteiger partial charge in [-0.1, -0.05) is 13.8 Å². The highest BCUT2D eigenvalue weighted by atomic mass is 16.5. The topological polar surface area (TPSA) is 70.2 Å². The van der Waals surface area contributed by atoms with Crippen LogP contribution in [0.4, 0.5) is 5.82 Å². The number of hydrogen-bond donors (Lipinski definition) is 2. The van der Waals surface area contributed by atoms with Crippen LogP contribution in [0.15, 0.2) is 11.1 Å². The lowest BCUT2D eigenvalue weighted by molar-refractivity contribution is 0.299. The maximum atomic E-state index is 11.5. The monoisotopic (exact) mass is 254 g/mol. The Labute approximate surface area is 107 Å². The van der Waals surface area contributed by atoms with Crippen LogP contribution in [0.1, 0.15) is 20.3 Å². The second-order valence-corrected chi connectivity index (χ2v) is 3.97. The zero-order valence-corrected chi connectivity index (χ0v) is 11.3. The molecule has 0 spiro atoms. The highest BCUT2D eigenvalue weighted by molar-refractivity contribution is 5.47. The lowest BCUT2D eigenvalue weighted by Gasteiger charge is -2.19.